The Morgan fingerprint density at radius 3 is 2.25 bits per heavy atom. The Hall–Kier alpha value is -1.32. The summed E-state index contributed by atoms with van der Waals surface area (Å²) in [4.78, 5) is 23.1. The molecule has 0 heterocycles. The summed E-state index contributed by atoms with van der Waals surface area (Å²) in [5.74, 6) is -1.39. The van der Waals surface area contributed by atoms with Gasteiger partial charge in [-0.3, -0.25) is 9.59 Å². The molecule has 0 radical (unpaired) electrons. The number of carbonyl (C=O) groups is 2. The predicted molar refractivity (Wildman–Crippen MR) is 58.6 cm³/mol. The minimum Gasteiger partial charge on any atom is -0.469 e. The zero-order chi connectivity index (χ0) is 12.1. The standard InChI is InChI=1S/C12H18O4/c1-4-8-5-6-9(11(13)15-2)10(7-8)12(14)16-3/h4,9-10H,5-7H2,1-3H3/b8-4-. The van der Waals surface area contributed by atoms with Crippen molar-refractivity contribution in [1.82, 2.24) is 0 Å². The molecule has 1 aliphatic carbocycles. The molecule has 1 rings (SSSR count). The van der Waals surface area contributed by atoms with Crippen LogP contribution < -0.4 is 0 Å². The lowest BCUT2D eigenvalue weighted by molar-refractivity contribution is -0.158. The number of allylic oxidation sites excluding steroid dienone is 2. The van der Waals surface area contributed by atoms with Crippen LogP contribution in [0.1, 0.15) is 26.2 Å². The van der Waals surface area contributed by atoms with Crippen molar-refractivity contribution >= 4 is 11.9 Å². The number of ether oxygens (including phenoxy) is 2. The van der Waals surface area contributed by atoms with Crippen molar-refractivity contribution in [2.75, 3.05) is 14.2 Å². The fourth-order valence-electron chi connectivity index (χ4n) is 2.16. The fraction of sp³-hybridized carbons (Fsp3) is 0.667. The molecule has 0 aromatic rings. The third-order valence-electron chi connectivity index (χ3n) is 3.16. The number of esters is 2. The Balaban J connectivity index is 2.83. The summed E-state index contributed by atoms with van der Waals surface area (Å²) in [7, 11) is 2.70. The van der Waals surface area contributed by atoms with Crippen LogP contribution >= 0.6 is 0 Å². The second-order valence-electron chi connectivity index (χ2n) is 3.95. The molecule has 0 aromatic carbocycles. The van der Waals surface area contributed by atoms with Crippen molar-refractivity contribution in [3.63, 3.8) is 0 Å². The van der Waals surface area contributed by atoms with Gasteiger partial charge < -0.3 is 9.47 Å². The second-order valence-corrected chi connectivity index (χ2v) is 3.95. The molecule has 0 N–H and O–H groups in total. The third kappa shape index (κ3) is 2.62. The molecule has 0 aromatic heterocycles. The van der Waals surface area contributed by atoms with E-state index in [0.717, 1.165) is 6.42 Å². The monoisotopic (exact) mass is 226 g/mol. The molecule has 0 saturated heterocycles. The van der Waals surface area contributed by atoms with E-state index in [0.29, 0.717) is 12.8 Å². The minimum absolute atomic E-state index is 0.314. The van der Waals surface area contributed by atoms with Crippen LogP contribution in [-0.4, -0.2) is 26.2 Å². The van der Waals surface area contributed by atoms with Crippen LogP contribution in [0.25, 0.3) is 0 Å². The molecule has 0 bridgehead atoms. The average molecular weight is 226 g/mol. The van der Waals surface area contributed by atoms with Crippen LogP contribution in [0.2, 0.25) is 0 Å². The first kappa shape index (κ1) is 12.7. The van der Waals surface area contributed by atoms with Gasteiger partial charge in [0.2, 0.25) is 0 Å². The first-order chi connectivity index (χ1) is 7.63. The van der Waals surface area contributed by atoms with E-state index in [1.165, 1.54) is 19.8 Å². The van der Waals surface area contributed by atoms with Gasteiger partial charge in [-0.2, -0.15) is 0 Å². The highest BCUT2D eigenvalue weighted by Crippen LogP contribution is 2.34. The number of carbonyl (C=O) groups excluding carboxylic acids is 2. The van der Waals surface area contributed by atoms with Crippen molar-refractivity contribution in [1.29, 1.82) is 0 Å². The number of methoxy groups -OCH3 is 2. The van der Waals surface area contributed by atoms with Gasteiger partial charge in [-0.25, -0.2) is 0 Å². The van der Waals surface area contributed by atoms with Gasteiger partial charge in [-0.05, 0) is 26.2 Å². The zero-order valence-corrected chi connectivity index (χ0v) is 9.99. The van der Waals surface area contributed by atoms with Crippen LogP contribution in [0.15, 0.2) is 11.6 Å². The van der Waals surface area contributed by atoms with Gasteiger partial charge in [0.1, 0.15) is 0 Å². The summed E-state index contributed by atoms with van der Waals surface area (Å²) < 4.78 is 9.45. The highest BCUT2D eigenvalue weighted by Gasteiger charge is 2.38. The molecule has 1 fully saturated rings. The minimum atomic E-state index is -0.391. The van der Waals surface area contributed by atoms with E-state index in [9.17, 15) is 9.59 Å². The number of rotatable bonds is 2. The molecule has 90 valence electrons. The van der Waals surface area contributed by atoms with Gasteiger partial charge in [-0.15, -0.1) is 0 Å². The maximum Gasteiger partial charge on any atom is 0.309 e. The number of hydrogen-bond donors (Lipinski definition) is 0. The highest BCUT2D eigenvalue weighted by atomic mass is 16.5. The lowest BCUT2D eigenvalue weighted by Gasteiger charge is -2.29. The summed E-state index contributed by atoms with van der Waals surface area (Å²) in [6.45, 7) is 1.95. The van der Waals surface area contributed by atoms with Gasteiger partial charge in [0, 0.05) is 0 Å². The van der Waals surface area contributed by atoms with Crippen molar-refractivity contribution in [3.05, 3.63) is 11.6 Å². The summed E-state index contributed by atoms with van der Waals surface area (Å²) in [6, 6.07) is 0. The molecule has 0 amide bonds. The first-order valence-electron chi connectivity index (χ1n) is 5.43. The Morgan fingerprint density at radius 2 is 1.75 bits per heavy atom. The van der Waals surface area contributed by atoms with Crippen LogP contribution in [0, 0.1) is 11.8 Å². The average Bonchev–Trinajstić information content (AvgIpc) is 2.36. The largest absolute Gasteiger partial charge is 0.469 e. The van der Waals surface area contributed by atoms with Gasteiger partial charge >= 0.3 is 11.9 Å². The quantitative estimate of drug-likeness (QED) is 0.531. The van der Waals surface area contributed by atoms with Gasteiger partial charge in [0.15, 0.2) is 0 Å². The van der Waals surface area contributed by atoms with Crippen molar-refractivity contribution < 1.29 is 19.1 Å². The lowest BCUT2D eigenvalue weighted by atomic mass is 9.76. The van der Waals surface area contributed by atoms with E-state index in [-0.39, 0.29) is 17.9 Å². The Morgan fingerprint density at radius 1 is 1.19 bits per heavy atom. The Bertz CT molecular complexity index is 306. The summed E-state index contributed by atoms with van der Waals surface area (Å²) in [5, 5.41) is 0. The molecule has 16 heavy (non-hydrogen) atoms. The second kappa shape index (κ2) is 5.68. The van der Waals surface area contributed by atoms with Crippen molar-refractivity contribution in [2.45, 2.75) is 26.2 Å². The molecule has 4 nitrogen and oxygen atoms in total. The molecule has 0 spiro atoms. The van der Waals surface area contributed by atoms with E-state index in [2.05, 4.69) is 0 Å². The zero-order valence-electron chi connectivity index (χ0n) is 9.99. The molecule has 2 unspecified atom stereocenters. The van der Waals surface area contributed by atoms with E-state index < -0.39 is 5.92 Å². The Labute approximate surface area is 95.6 Å². The van der Waals surface area contributed by atoms with Gasteiger partial charge in [-0.1, -0.05) is 11.6 Å². The van der Waals surface area contributed by atoms with Crippen LogP contribution in [-0.2, 0) is 19.1 Å². The maximum atomic E-state index is 11.6. The predicted octanol–water partition coefficient (Wildman–Crippen LogP) is 1.70. The van der Waals surface area contributed by atoms with E-state index >= 15 is 0 Å². The van der Waals surface area contributed by atoms with Crippen LogP contribution in [0.3, 0.4) is 0 Å². The summed E-state index contributed by atoms with van der Waals surface area (Å²) in [5.41, 5.74) is 1.20. The van der Waals surface area contributed by atoms with Crippen molar-refractivity contribution in [2.24, 2.45) is 11.8 Å². The lowest BCUT2D eigenvalue weighted by Crippen LogP contribution is -2.34. The van der Waals surface area contributed by atoms with Crippen LogP contribution in [0.5, 0.6) is 0 Å². The number of hydrogen-bond acceptors (Lipinski definition) is 4. The van der Waals surface area contributed by atoms with E-state index in [1.54, 1.807) is 0 Å². The molecular formula is C12H18O4. The fourth-order valence-corrected chi connectivity index (χ4v) is 2.16. The molecular weight excluding hydrogens is 208 g/mol. The molecule has 0 aliphatic heterocycles. The van der Waals surface area contributed by atoms with Gasteiger partial charge in [0.25, 0.3) is 0 Å². The third-order valence-corrected chi connectivity index (χ3v) is 3.16. The van der Waals surface area contributed by atoms with Crippen LogP contribution in [0.4, 0.5) is 0 Å². The maximum absolute atomic E-state index is 11.6. The SMILES string of the molecule is C/C=C1/CCC(C(=O)OC)C(C(=O)OC)C1. The van der Waals surface area contributed by atoms with Crippen molar-refractivity contribution in [3.8, 4) is 0 Å². The highest BCUT2D eigenvalue weighted by molar-refractivity contribution is 5.82. The van der Waals surface area contributed by atoms with E-state index in [1.807, 2.05) is 13.0 Å². The summed E-state index contributed by atoms with van der Waals surface area (Å²) in [6.07, 6.45) is 4.11. The van der Waals surface area contributed by atoms with E-state index in [4.69, 9.17) is 9.47 Å². The normalized spacial score (nSPS) is 27.6. The Kier molecular flexibility index (Phi) is 4.52. The smallest absolute Gasteiger partial charge is 0.309 e. The topological polar surface area (TPSA) is 52.6 Å². The molecule has 1 saturated carbocycles. The molecule has 4 heteroatoms. The molecule has 2 atom stereocenters. The summed E-state index contributed by atoms with van der Waals surface area (Å²) >= 11 is 0. The van der Waals surface area contributed by atoms with Gasteiger partial charge in [0.05, 0.1) is 26.1 Å². The first-order valence-corrected chi connectivity index (χ1v) is 5.43. The molecule has 1 aliphatic rings.